The van der Waals surface area contributed by atoms with Crippen LogP contribution in [0, 0.1) is 6.92 Å². The zero-order valence-corrected chi connectivity index (χ0v) is 9.96. The summed E-state index contributed by atoms with van der Waals surface area (Å²) in [5, 5.41) is 0. The van der Waals surface area contributed by atoms with Gasteiger partial charge in [-0.05, 0) is 19.8 Å². The van der Waals surface area contributed by atoms with Crippen LogP contribution in [0.5, 0.6) is 0 Å². The highest BCUT2D eigenvalue weighted by molar-refractivity contribution is 5.85. The lowest BCUT2D eigenvalue weighted by molar-refractivity contribution is 0.726. The summed E-state index contributed by atoms with van der Waals surface area (Å²) in [4.78, 5) is 10.8. The molecule has 1 saturated heterocycles. The van der Waals surface area contributed by atoms with Crippen LogP contribution < -0.4 is 4.90 Å². The second kappa shape index (κ2) is 5.91. The van der Waals surface area contributed by atoms with Gasteiger partial charge in [-0.15, -0.1) is 12.4 Å². The van der Waals surface area contributed by atoms with E-state index in [9.17, 15) is 0 Å². The minimum Gasteiger partial charge on any atom is -0.357 e. The highest BCUT2D eigenvalue weighted by atomic mass is 35.5. The summed E-state index contributed by atoms with van der Waals surface area (Å²) in [5.74, 6) is 1.10. The van der Waals surface area contributed by atoms with Crippen LogP contribution in [0.2, 0.25) is 0 Å². The molecule has 1 aromatic rings. The third-order valence-electron chi connectivity index (χ3n) is 2.72. The van der Waals surface area contributed by atoms with Gasteiger partial charge in [-0.1, -0.05) is 12.8 Å². The SMILES string of the molecule is Cc1cc(N2CCCCCC2)ncn1.Cl. The number of hydrogen-bond donors (Lipinski definition) is 0. The average Bonchev–Trinajstić information content (AvgIpc) is 2.45. The Bertz CT molecular complexity index is 296. The van der Waals surface area contributed by atoms with Gasteiger partial charge in [0.25, 0.3) is 0 Å². The summed E-state index contributed by atoms with van der Waals surface area (Å²) in [5.41, 5.74) is 1.05. The molecule has 0 atom stereocenters. The molecule has 0 unspecified atom stereocenters. The van der Waals surface area contributed by atoms with Gasteiger partial charge in [0.15, 0.2) is 0 Å². The van der Waals surface area contributed by atoms with Crippen molar-refractivity contribution in [3.63, 3.8) is 0 Å². The van der Waals surface area contributed by atoms with E-state index in [4.69, 9.17) is 0 Å². The molecule has 0 bridgehead atoms. The van der Waals surface area contributed by atoms with Crippen molar-refractivity contribution in [1.82, 2.24) is 9.97 Å². The molecule has 1 aliphatic heterocycles. The molecule has 2 rings (SSSR count). The maximum absolute atomic E-state index is 4.32. The maximum Gasteiger partial charge on any atom is 0.132 e. The zero-order chi connectivity index (χ0) is 9.80. The Kier molecular flexibility index (Phi) is 4.82. The Morgan fingerprint density at radius 1 is 1.07 bits per heavy atom. The molecule has 1 aliphatic rings. The molecule has 0 spiro atoms. The Balaban J connectivity index is 0.00000112. The first-order chi connectivity index (χ1) is 6.86. The molecule has 0 N–H and O–H groups in total. The van der Waals surface area contributed by atoms with Gasteiger partial charge in [0.2, 0.25) is 0 Å². The van der Waals surface area contributed by atoms with Crippen molar-refractivity contribution in [2.24, 2.45) is 0 Å². The summed E-state index contributed by atoms with van der Waals surface area (Å²) in [6.45, 7) is 4.32. The van der Waals surface area contributed by atoms with E-state index < -0.39 is 0 Å². The van der Waals surface area contributed by atoms with Crippen LogP contribution in [0.3, 0.4) is 0 Å². The van der Waals surface area contributed by atoms with Crippen LogP contribution in [0.1, 0.15) is 31.4 Å². The lowest BCUT2D eigenvalue weighted by atomic mass is 10.2. The van der Waals surface area contributed by atoms with Crippen molar-refractivity contribution >= 4 is 18.2 Å². The molecule has 15 heavy (non-hydrogen) atoms. The van der Waals surface area contributed by atoms with E-state index in [1.165, 1.54) is 25.7 Å². The van der Waals surface area contributed by atoms with E-state index in [1.807, 2.05) is 6.92 Å². The number of rotatable bonds is 1. The molecule has 0 radical (unpaired) electrons. The second-order valence-corrected chi connectivity index (χ2v) is 3.92. The lowest BCUT2D eigenvalue weighted by Gasteiger charge is -2.21. The maximum atomic E-state index is 4.32. The summed E-state index contributed by atoms with van der Waals surface area (Å²) < 4.78 is 0. The van der Waals surface area contributed by atoms with Gasteiger partial charge in [-0.25, -0.2) is 9.97 Å². The number of aryl methyl sites for hydroxylation is 1. The fourth-order valence-electron chi connectivity index (χ4n) is 1.91. The normalized spacial score (nSPS) is 16.7. The average molecular weight is 228 g/mol. The smallest absolute Gasteiger partial charge is 0.132 e. The Labute approximate surface area is 97.3 Å². The molecule has 0 amide bonds. The van der Waals surface area contributed by atoms with Crippen LogP contribution in [-0.2, 0) is 0 Å². The minimum atomic E-state index is 0. The fourth-order valence-corrected chi connectivity index (χ4v) is 1.91. The summed E-state index contributed by atoms with van der Waals surface area (Å²) in [6, 6.07) is 2.07. The largest absolute Gasteiger partial charge is 0.357 e. The third kappa shape index (κ3) is 3.34. The number of aromatic nitrogens is 2. The molecule has 3 nitrogen and oxygen atoms in total. The molecular formula is C11H18ClN3. The molecule has 2 heterocycles. The van der Waals surface area contributed by atoms with E-state index >= 15 is 0 Å². The van der Waals surface area contributed by atoms with Crippen molar-refractivity contribution < 1.29 is 0 Å². The minimum absolute atomic E-state index is 0. The van der Waals surface area contributed by atoms with Gasteiger partial charge < -0.3 is 4.90 Å². The number of anilines is 1. The van der Waals surface area contributed by atoms with Gasteiger partial charge in [-0.2, -0.15) is 0 Å². The van der Waals surface area contributed by atoms with Gasteiger partial charge in [0, 0.05) is 24.8 Å². The lowest BCUT2D eigenvalue weighted by Crippen LogP contribution is -2.24. The Morgan fingerprint density at radius 2 is 1.73 bits per heavy atom. The first-order valence-corrected chi connectivity index (χ1v) is 5.40. The molecular weight excluding hydrogens is 210 g/mol. The molecule has 0 aromatic carbocycles. The van der Waals surface area contributed by atoms with Crippen molar-refractivity contribution in [3.05, 3.63) is 18.1 Å². The van der Waals surface area contributed by atoms with Crippen molar-refractivity contribution in [1.29, 1.82) is 0 Å². The van der Waals surface area contributed by atoms with E-state index in [0.29, 0.717) is 0 Å². The summed E-state index contributed by atoms with van der Waals surface area (Å²) >= 11 is 0. The number of nitrogens with zero attached hydrogens (tertiary/aromatic N) is 3. The van der Waals surface area contributed by atoms with Crippen molar-refractivity contribution in [2.45, 2.75) is 32.6 Å². The van der Waals surface area contributed by atoms with E-state index in [1.54, 1.807) is 6.33 Å². The molecule has 84 valence electrons. The monoisotopic (exact) mass is 227 g/mol. The summed E-state index contributed by atoms with van der Waals surface area (Å²) in [7, 11) is 0. The number of halogens is 1. The van der Waals surface area contributed by atoms with Crippen LogP contribution in [0.15, 0.2) is 12.4 Å². The molecule has 1 fully saturated rings. The van der Waals surface area contributed by atoms with Crippen LogP contribution in [-0.4, -0.2) is 23.1 Å². The first-order valence-electron chi connectivity index (χ1n) is 5.40. The van der Waals surface area contributed by atoms with Gasteiger partial charge >= 0.3 is 0 Å². The fraction of sp³-hybridized carbons (Fsp3) is 0.636. The second-order valence-electron chi connectivity index (χ2n) is 3.92. The predicted molar refractivity (Wildman–Crippen MR) is 64.7 cm³/mol. The van der Waals surface area contributed by atoms with E-state index in [2.05, 4.69) is 20.9 Å². The predicted octanol–water partition coefficient (Wildman–Crippen LogP) is 2.59. The Morgan fingerprint density at radius 3 is 2.33 bits per heavy atom. The van der Waals surface area contributed by atoms with Crippen molar-refractivity contribution in [3.8, 4) is 0 Å². The Hall–Kier alpha value is -0.830. The molecule has 0 aliphatic carbocycles. The van der Waals surface area contributed by atoms with Gasteiger partial charge in [0.05, 0.1) is 0 Å². The quantitative estimate of drug-likeness (QED) is 0.739. The van der Waals surface area contributed by atoms with Crippen LogP contribution in [0.25, 0.3) is 0 Å². The van der Waals surface area contributed by atoms with E-state index in [0.717, 1.165) is 24.6 Å². The number of hydrogen-bond acceptors (Lipinski definition) is 3. The molecule has 4 heteroatoms. The standard InChI is InChI=1S/C11H17N3.ClH/c1-10-8-11(13-9-12-10)14-6-4-2-3-5-7-14;/h8-9H,2-7H2,1H3;1H. The van der Waals surface area contributed by atoms with Gasteiger partial charge in [0.1, 0.15) is 12.1 Å². The highest BCUT2D eigenvalue weighted by Crippen LogP contribution is 2.16. The van der Waals surface area contributed by atoms with E-state index in [-0.39, 0.29) is 12.4 Å². The molecule has 1 aromatic heterocycles. The van der Waals surface area contributed by atoms with Gasteiger partial charge in [-0.3, -0.25) is 0 Å². The zero-order valence-electron chi connectivity index (χ0n) is 9.15. The highest BCUT2D eigenvalue weighted by Gasteiger charge is 2.10. The van der Waals surface area contributed by atoms with Crippen LogP contribution in [0.4, 0.5) is 5.82 Å². The molecule has 0 saturated carbocycles. The van der Waals surface area contributed by atoms with Crippen molar-refractivity contribution in [2.75, 3.05) is 18.0 Å². The topological polar surface area (TPSA) is 29.0 Å². The summed E-state index contributed by atoms with van der Waals surface area (Å²) in [6.07, 6.45) is 6.97. The van der Waals surface area contributed by atoms with Crippen LogP contribution >= 0.6 is 12.4 Å². The third-order valence-corrected chi connectivity index (χ3v) is 2.72. The first kappa shape index (κ1) is 12.2.